The van der Waals surface area contributed by atoms with Gasteiger partial charge in [0.1, 0.15) is 0 Å². The molecule has 0 aromatic heterocycles. The second-order valence-corrected chi connectivity index (χ2v) is 10.2. The van der Waals surface area contributed by atoms with Crippen LogP contribution in [-0.2, 0) is 12.7 Å². The molecule has 0 N–H and O–H groups in total. The van der Waals surface area contributed by atoms with E-state index in [1.54, 1.807) is 29.2 Å². The van der Waals surface area contributed by atoms with Crippen molar-refractivity contribution in [1.82, 2.24) is 9.80 Å². The lowest BCUT2D eigenvalue weighted by atomic mass is 10.1. The molecular weight excluding hydrogens is 499 g/mol. The maximum absolute atomic E-state index is 13.7. The molecule has 2 heterocycles. The van der Waals surface area contributed by atoms with Crippen molar-refractivity contribution in [2.45, 2.75) is 29.4 Å². The molecule has 1 fully saturated rings. The van der Waals surface area contributed by atoms with Crippen molar-refractivity contribution in [2.24, 2.45) is 0 Å². The summed E-state index contributed by atoms with van der Waals surface area (Å²) < 4.78 is 39.2. The molecule has 0 unspecified atom stereocenters. The van der Waals surface area contributed by atoms with Crippen LogP contribution in [-0.4, -0.2) is 54.3 Å². The van der Waals surface area contributed by atoms with E-state index in [0.29, 0.717) is 35.5 Å². The number of hydrogen-bond acceptors (Lipinski definition) is 4. The molecule has 37 heavy (non-hydrogen) atoms. The molecule has 9 heteroatoms. The molecule has 0 atom stereocenters. The van der Waals surface area contributed by atoms with Gasteiger partial charge in [-0.1, -0.05) is 43.0 Å². The van der Waals surface area contributed by atoms with Crippen molar-refractivity contribution in [3.63, 3.8) is 0 Å². The Hall–Kier alpha value is -3.30. The molecule has 2 amide bonds. The zero-order valence-corrected chi connectivity index (χ0v) is 21.1. The standard InChI is InChI=1S/C28H26F3N3O2S/c1-2-32-13-15-33(16-14-32)26(35)20-9-12-25-23(17-20)34(27(36)22-5-3-4-6-24(22)37-25)18-19-7-10-21(11-8-19)28(29,30)31/h3-12,17H,2,13-16,18H2,1H3. The third kappa shape index (κ3) is 5.24. The quantitative estimate of drug-likeness (QED) is 0.432. The Morgan fingerprint density at radius 3 is 2.30 bits per heavy atom. The highest BCUT2D eigenvalue weighted by Gasteiger charge is 2.32. The number of nitrogens with zero attached hydrogens (tertiary/aromatic N) is 3. The van der Waals surface area contributed by atoms with Crippen LogP contribution in [0.5, 0.6) is 0 Å². The average molecular weight is 526 g/mol. The van der Waals surface area contributed by atoms with Crippen LogP contribution in [0.15, 0.2) is 76.5 Å². The first kappa shape index (κ1) is 25.4. The Bertz CT molecular complexity index is 1320. The van der Waals surface area contributed by atoms with E-state index in [-0.39, 0.29) is 18.4 Å². The smallest absolute Gasteiger partial charge is 0.336 e. The monoisotopic (exact) mass is 525 g/mol. The predicted molar refractivity (Wildman–Crippen MR) is 137 cm³/mol. The molecule has 5 nitrogen and oxygen atoms in total. The van der Waals surface area contributed by atoms with Crippen LogP contribution < -0.4 is 4.90 Å². The molecule has 0 spiro atoms. The number of hydrogen-bond donors (Lipinski definition) is 0. The average Bonchev–Trinajstić information content (AvgIpc) is 3.02. The first-order valence-electron chi connectivity index (χ1n) is 12.1. The molecule has 0 bridgehead atoms. The van der Waals surface area contributed by atoms with Gasteiger partial charge >= 0.3 is 6.18 Å². The largest absolute Gasteiger partial charge is 0.416 e. The van der Waals surface area contributed by atoms with E-state index in [1.807, 2.05) is 23.1 Å². The highest BCUT2D eigenvalue weighted by atomic mass is 32.2. The number of anilines is 1. The van der Waals surface area contributed by atoms with Crippen LogP contribution >= 0.6 is 11.8 Å². The Labute approximate surface area is 217 Å². The maximum atomic E-state index is 13.7. The molecule has 2 aliphatic heterocycles. The lowest BCUT2D eigenvalue weighted by molar-refractivity contribution is -0.137. The Morgan fingerprint density at radius 2 is 1.62 bits per heavy atom. The second kappa shape index (κ2) is 10.2. The molecular formula is C28H26F3N3O2S. The number of fused-ring (bicyclic) bond motifs is 2. The summed E-state index contributed by atoms with van der Waals surface area (Å²) in [6.45, 7) is 6.03. The van der Waals surface area contributed by atoms with E-state index < -0.39 is 11.7 Å². The molecule has 3 aromatic rings. The maximum Gasteiger partial charge on any atom is 0.416 e. The van der Waals surface area contributed by atoms with Gasteiger partial charge in [0, 0.05) is 41.5 Å². The van der Waals surface area contributed by atoms with Crippen molar-refractivity contribution < 1.29 is 22.8 Å². The Kier molecular flexibility index (Phi) is 7.00. The highest BCUT2D eigenvalue weighted by molar-refractivity contribution is 7.99. The minimum absolute atomic E-state index is 0.0751. The fourth-order valence-corrected chi connectivity index (χ4v) is 5.70. The predicted octanol–water partition coefficient (Wildman–Crippen LogP) is 5.79. The third-order valence-corrected chi connectivity index (χ3v) is 7.95. The fourth-order valence-electron chi connectivity index (χ4n) is 4.64. The molecule has 0 saturated carbocycles. The number of piperazine rings is 1. The topological polar surface area (TPSA) is 43.9 Å². The number of carbonyl (C=O) groups excluding carboxylic acids is 2. The second-order valence-electron chi connectivity index (χ2n) is 9.09. The molecule has 1 saturated heterocycles. The Morgan fingerprint density at radius 1 is 0.919 bits per heavy atom. The van der Waals surface area contributed by atoms with Crippen LogP contribution in [0.4, 0.5) is 18.9 Å². The molecule has 0 aliphatic carbocycles. The van der Waals surface area contributed by atoms with E-state index in [9.17, 15) is 22.8 Å². The first-order valence-corrected chi connectivity index (χ1v) is 13.0. The zero-order valence-electron chi connectivity index (χ0n) is 20.3. The van der Waals surface area contributed by atoms with E-state index in [4.69, 9.17) is 0 Å². The summed E-state index contributed by atoms with van der Waals surface area (Å²) in [4.78, 5) is 34.3. The van der Waals surface area contributed by atoms with Crippen LogP contribution in [0.1, 0.15) is 38.8 Å². The van der Waals surface area contributed by atoms with Gasteiger partial charge in [-0.15, -0.1) is 0 Å². The summed E-state index contributed by atoms with van der Waals surface area (Å²) >= 11 is 1.44. The van der Waals surface area contributed by atoms with Gasteiger partial charge in [-0.2, -0.15) is 13.2 Å². The summed E-state index contributed by atoms with van der Waals surface area (Å²) in [5.74, 6) is -0.352. The summed E-state index contributed by atoms with van der Waals surface area (Å²) in [6, 6.07) is 17.5. The van der Waals surface area contributed by atoms with Crippen LogP contribution in [0.3, 0.4) is 0 Å². The van der Waals surface area contributed by atoms with Gasteiger partial charge in [0.2, 0.25) is 0 Å². The number of likely N-dealkylation sites (N-methyl/N-ethyl adjacent to an activating group) is 1. The number of amides is 2. The number of carbonyl (C=O) groups is 2. The van der Waals surface area contributed by atoms with Gasteiger partial charge in [-0.3, -0.25) is 9.59 Å². The number of benzene rings is 3. The van der Waals surface area contributed by atoms with E-state index in [1.165, 1.54) is 23.9 Å². The van der Waals surface area contributed by atoms with E-state index in [2.05, 4.69) is 11.8 Å². The molecule has 5 rings (SSSR count). The van der Waals surface area contributed by atoms with Crippen molar-refractivity contribution in [1.29, 1.82) is 0 Å². The van der Waals surface area contributed by atoms with Crippen molar-refractivity contribution >= 4 is 29.3 Å². The fraction of sp³-hybridized carbons (Fsp3) is 0.286. The minimum atomic E-state index is -4.43. The highest BCUT2D eigenvalue weighted by Crippen LogP contribution is 2.42. The molecule has 192 valence electrons. The summed E-state index contributed by atoms with van der Waals surface area (Å²) in [5, 5.41) is 0. The molecule has 3 aromatic carbocycles. The number of halogens is 3. The summed E-state index contributed by atoms with van der Waals surface area (Å²) in [7, 11) is 0. The Balaban J connectivity index is 1.50. The van der Waals surface area contributed by atoms with Crippen LogP contribution in [0.25, 0.3) is 0 Å². The number of rotatable bonds is 4. The van der Waals surface area contributed by atoms with E-state index >= 15 is 0 Å². The lowest BCUT2D eigenvalue weighted by Crippen LogP contribution is -2.48. The third-order valence-electron chi connectivity index (χ3n) is 6.81. The normalized spacial score (nSPS) is 16.3. The van der Waals surface area contributed by atoms with Crippen LogP contribution in [0, 0.1) is 0 Å². The zero-order chi connectivity index (χ0) is 26.2. The molecule has 2 aliphatic rings. The van der Waals surface area contributed by atoms with Gasteiger partial charge in [0.05, 0.1) is 23.4 Å². The van der Waals surface area contributed by atoms with Crippen molar-refractivity contribution in [2.75, 3.05) is 37.6 Å². The van der Waals surface area contributed by atoms with Gasteiger partial charge < -0.3 is 14.7 Å². The molecule has 0 radical (unpaired) electrons. The summed E-state index contributed by atoms with van der Waals surface area (Å²) in [5.41, 5.74) is 1.39. The van der Waals surface area contributed by atoms with Gasteiger partial charge in [0.15, 0.2) is 0 Å². The lowest BCUT2D eigenvalue weighted by Gasteiger charge is -2.34. The van der Waals surface area contributed by atoms with Crippen molar-refractivity contribution in [3.8, 4) is 0 Å². The van der Waals surface area contributed by atoms with Gasteiger partial charge in [-0.25, -0.2) is 0 Å². The summed E-state index contributed by atoms with van der Waals surface area (Å²) in [6.07, 6.45) is -4.43. The van der Waals surface area contributed by atoms with Gasteiger partial charge in [-0.05, 0) is 54.6 Å². The van der Waals surface area contributed by atoms with E-state index in [0.717, 1.165) is 41.6 Å². The first-order chi connectivity index (χ1) is 17.7. The number of alkyl halides is 3. The SMILES string of the molecule is CCN1CCN(C(=O)c2ccc3c(c2)N(Cc2ccc(C(F)(F)F)cc2)C(=O)c2ccccc2S3)CC1. The minimum Gasteiger partial charge on any atom is -0.336 e. The van der Waals surface area contributed by atoms with Gasteiger partial charge in [0.25, 0.3) is 11.8 Å². The van der Waals surface area contributed by atoms with Crippen molar-refractivity contribution in [3.05, 3.63) is 89.0 Å². The van der Waals surface area contributed by atoms with Crippen LogP contribution in [0.2, 0.25) is 0 Å².